The lowest BCUT2D eigenvalue weighted by atomic mass is 10.1. The van der Waals surface area contributed by atoms with E-state index in [4.69, 9.17) is 0 Å². The van der Waals surface area contributed by atoms with Gasteiger partial charge in [-0.3, -0.25) is 9.59 Å². The summed E-state index contributed by atoms with van der Waals surface area (Å²) in [5.41, 5.74) is 3.15. The number of aryl methyl sites for hydroxylation is 1. The van der Waals surface area contributed by atoms with E-state index in [-0.39, 0.29) is 11.8 Å². The van der Waals surface area contributed by atoms with Gasteiger partial charge in [-0.15, -0.1) is 0 Å². The highest BCUT2D eigenvalue weighted by Crippen LogP contribution is 2.15. The van der Waals surface area contributed by atoms with Crippen molar-refractivity contribution in [2.75, 3.05) is 6.54 Å². The molecule has 27 heavy (non-hydrogen) atoms. The molecule has 0 unspecified atom stereocenters. The molecule has 2 rings (SSSR count). The van der Waals surface area contributed by atoms with E-state index in [0.717, 1.165) is 23.1 Å². The smallest absolute Gasteiger partial charge is 0.242 e. The maximum absolute atomic E-state index is 13.1. The fraction of sp³-hybridized carbons (Fsp3) is 0.391. The number of nitrogens with zero attached hydrogens (tertiary/aromatic N) is 1. The first kappa shape index (κ1) is 20.7. The number of carbonyl (C=O) groups excluding carboxylic acids is 2. The first-order valence-electron chi connectivity index (χ1n) is 9.71. The van der Waals surface area contributed by atoms with Crippen LogP contribution in [0.15, 0.2) is 54.6 Å². The monoisotopic (exact) mass is 366 g/mol. The van der Waals surface area contributed by atoms with E-state index < -0.39 is 6.04 Å². The second kappa shape index (κ2) is 10.5. The molecule has 0 aromatic heterocycles. The molecule has 0 fully saturated rings. The van der Waals surface area contributed by atoms with Crippen molar-refractivity contribution in [1.29, 1.82) is 0 Å². The second-order valence-corrected chi connectivity index (χ2v) is 6.88. The quantitative estimate of drug-likeness (QED) is 0.732. The average molecular weight is 367 g/mol. The first-order valence-corrected chi connectivity index (χ1v) is 9.71. The molecular weight excluding hydrogens is 336 g/mol. The van der Waals surface area contributed by atoms with Gasteiger partial charge in [0.05, 0.1) is 6.42 Å². The van der Waals surface area contributed by atoms with Gasteiger partial charge in [0.15, 0.2) is 0 Å². The van der Waals surface area contributed by atoms with E-state index >= 15 is 0 Å². The topological polar surface area (TPSA) is 49.4 Å². The lowest BCUT2D eigenvalue weighted by Gasteiger charge is -2.30. The number of hydrogen-bond donors (Lipinski definition) is 1. The van der Waals surface area contributed by atoms with E-state index in [0.29, 0.717) is 25.9 Å². The summed E-state index contributed by atoms with van der Waals surface area (Å²) in [6.45, 7) is 7.06. The summed E-state index contributed by atoms with van der Waals surface area (Å²) >= 11 is 0. The van der Waals surface area contributed by atoms with Gasteiger partial charge in [-0.2, -0.15) is 0 Å². The highest BCUT2D eigenvalue weighted by Gasteiger charge is 2.28. The Kier molecular flexibility index (Phi) is 8.05. The summed E-state index contributed by atoms with van der Waals surface area (Å²) in [5, 5.41) is 2.94. The predicted molar refractivity (Wildman–Crippen MR) is 109 cm³/mol. The van der Waals surface area contributed by atoms with Crippen LogP contribution in [0.25, 0.3) is 0 Å². The molecule has 0 aliphatic heterocycles. The van der Waals surface area contributed by atoms with Crippen molar-refractivity contribution in [3.05, 3.63) is 71.3 Å². The lowest BCUT2D eigenvalue weighted by molar-refractivity contribution is -0.140. The Bertz CT molecular complexity index is 726. The first-order chi connectivity index (χ1) is 13.0. The Labute approximate surface area is 162 Å². The zero-order valence-corrected chi connectivity index (χ0v) is 16.6. The van der Waals surface area contributed by atoms with Crippen molar-refractivity contribution < 1.29 is 9.59 Å². The van der Waals surface area contributed by atoms with Crippen LogP contribution in [0.3, 0.4) is 0 Å². The van der Waals surface area contributed by atoms with Crippen molar-refractivity contribution in [3.8, 4) is 0 Å². The van der Waals surface area contributed by atoms with Gasteiger partial charge >= 0.3 is 0 Å². The maximum atomic E-state index is 13.1. The van der Waals surface area contributed by atoms with Gasteiger partial charge in [0.2, 0.25) is 11.8 Å². The lowest BCUT2D eigenvalue weighted by Crippen LogP contribution is -2.49. The molecule has 0 aliphatic rings. The number of carbonyl (C=O) groups is 2. The van der Waals surface area contributed by atoms with Crippen molar-refractivity contribution in [1.82, 2.24) is 10.2 Å². The SMILES string of the molecule is CCCNC(=O)[C@H](CC)N(Cc1ccccc1)C(=O)Cc1ccc(C)cc1. The molecule has 4 nitrogen and oxygen atoms in total. The highest BCUT2D eigenvalue weighted by atomic mass is 16.2. The van der Waals surface area contributed by atoms with Crippen LogP contribution in [-0.2, 0) is 22.6 Å². The van der Waals surface area contributed by atoms with Gasteiger partial charge in [-0.05, 0) is 30.9 Å². The number of hydrogen-bond acceptors (Lipinski definition) is 2. The van der Waals surface area contributed by atoms with Gasteiger partial charge in [0.1, 0.15) is 6.04 Å². The zero-order chi connectivity index (χ0) is 19.6. The molecule has 0 heterocycles. The average Bonchev–Trinajstić information content (AvgIpc) is 2.68. The van der Waals surface area contributed by atoms with Crippen LogP contribution < -0.4 is 5.32 Å². The van der Waals surface area contributed by atoms with Gasteiger partial charge in [-0.1, -0.05) is 74.0 Å². The van der Waals surface area contributed by atoms with Crippen LogP contribution in [0.4, 0.5) is 0 Å². The third-order valence-corrected chi connectivity index (χ3v) is 4.61. The largest absolute Gasteiger partial charge is 0.354 e. The Morgan fingerprint density at radius 2 is 1.63 bits per heavy atom. The van der Waals surface area contributed by atoms with Crippen molar-refractivity contribution in [3.63, 3.8) is 0 Å². The summed E-state index contributed by atoms with van der Waals surface area (Å²) < 4.78 is 0. The van der Waals surface area contributed by atoms with E-state index in [9.17, 15) is 9.59 Å². The van der Waals surface area contributed by atoms with Crippen LogP contribution >= 0.6 is 0 Å². The summed E-state index contributed by atoms with van der Waals surface area (Å²) in [6, 6.07) is 17.4. The number of rotatable bonds is 9. The minimum Gasteiger partial charge on any atom is -0.354 e. The van der Waals surface area contributed by atoms with E-state index in [1.807, 2.05) is 75.4 Å². The molecule has 0 aliphatic carbocycles. The van der Waals surface area contributed by atoms with E-state index in [1.165, 1.54) is 0 Å². The third-order valence-electron chi connectivity index (χ3n) is 4.61. The normalized spacial score (nSPS) is 11.7. The summed E-state index contributed by atoms with van der Waals surface area (Å²) in [6.07, 6.45) is 1.75. The Morgan fingerprint density at radius 3 is 2.22 bits per heavy atom. The van der Waals surface area contributed by atoms with Gasteiger partial charge in [0, 0.05) is 13.1 Å². The van der Waals surface area contributed by atoms with E-state index in [1.54, 1.807) is 4.90 Å². The zero-order valence-electron chi connectivity index (χ0n) is 16.6. The molecule has 2 aromatic rings. The van der Waals surface area contributed by atoms with Crippen LogP contribution in [0.5, 0.6) is 0 Å². The van der Waals surface area contributed by atoms with Crippen LogP contribution in [0.2, 0.25) is 0 Å². The molecule has 2 amide bonds. The third kappa shape index (κ3) is 6.24. The molecule has 1 atom stereocenters. The molecule has 2 aromatic carbocycles. The van der Waals surface area contributed by atoms with Gasteiger partial charge < -0.3 is 10.2 Å². The number of benzene rings is 2. The van der Waals surface area contributed by atoms with Crippen LogP contribution in [-0.4, -0.2) is 29.3 Å². The molecule has 0 bridgehead atoms. The summed E-state index contributed by atoms with van der Waals surface area (Å²) in [4.78, 5) is 27.5. The molecule has 1 N–H and O–H groups in total. The Morgan fingerprint density at radius 1 is 0.963 bits per heavy atom. The minimum atomic E-state index is -0.463. The molecule has 0 spiro atoms. The maximum Gasteiger partial charge on any atom is 0.242 e. The van der Waals surface area contributed by atoms with Crippen molar-refractivity contribution in [2.24, 2.45) is 0 Å². The molecule has 144 valence electrons. The van der Waals surface area contributed by atoms with E-state index in [2.05, 4.69) is 5.32 Å². The molecule has 4 heteroatoms. The number of amides is 2. The summed E-state index contributed by atoms with van der Waals surface area (Å²) in [7, 11) is 0. The summed E-state index contributed by atoms with van der Waals surface area (Å²) in [5.74, 6) is -0.103. The number of nitrogens with one attached hydrogen (secondary N) is 1. The fourth-order valence-electron chi connectivity index (χ4n) is 3.05. The molecular formula is C23H30N2O2. The predicted octanol–water partition coefficient (Wildman–Crippen LogP) is 3.87. The van der Waals surface area contributed by atoms with Gasteiger partial charge in [0.25, 0.3) is 0 Å². The fourth-order valence-corrected chi connectivity index (χ4v) is 3.05. The van der Waals surface area contributed by atoms with Crippen molar-refractivity contribution >= 4 is 11.8 Å². The molecule has 0 saturated heterocycles. The highest BCUT2D eigenvalue weighted by molar-refractivity contribution is 5.88. The Hall–Kier alpha value is -2.62. The Balaban J connectivity index is 2.22. The standard InChI is InChI=1S/C23H30N2O2/c1-4-15-24-23(27)21(5-2)25(17-20-9-7-6-8-10-20)22(26)16-19-13-11-18(3)12-14-19/h6-14,21H,4-5,15-17H2,1-3H3,(H,24,27)/t21-/m0/s1. The molecule has 0 saturated carbocycles. The molecule has 0 radical (unpaired) electrons. The minimum absolute atomic E-state index is 0.0267. The van der Waals surface area contributed by atoms with Crippen molar-refractivity contribution in [2.45, 2.75) is 52.6 Å². The van der Waals surface area contributed by atoms with Gasteiger partial charge in [-0.25, -0.2) is 0 Å². The van der Waals surface area contributed by atoms with Crippen LogP contribution in [0.1, 0.15) is 43.4 Å². The second-order valence-electron chi connectivity index (χ2n) is 6.88. The van der Waals surface area contributed by atoms with Crippen LogP contribution in [0, 0.1) is 6.92 Å².